The number of aromatic nitrogens is 2. The van der Waals surface area contributed by atoms with Gasteiger partial charge in [0.1, 0.15) is 16.4 Å². The lowest BCUT2D eigenvalue weighted by atomic mass is 9.89. The van der Waals surface area contributed by atoms with Gasteiger partial charge in [0, 0.05) is 17.5 Å². The highest BCUT2D eigenvalue weighted by atomic mass is 32.1. The van der Waals surface area contributed by atoms with Crippen LogP contribution in [0.5, 0.6) is 5.75 Å². The number of hydrogen-bond acceptors (Lipinski definition) is 6. The minimum Gasteiger partial charge on any atom is -0.495 e. The van der Waals surface area contributed by atoms with Gasteiger partial charge in [0.2, 0.25) is 5.91 Å². The van der Waals surface area contributed by atoms with Crippen LogP contribution in [0.15, 0.2) is 23.0 Å². The molecular weight excluding hydrogens is 400 g/mol. The Labute approximate surface area is 178 Å². The Kier molecular flexibility index (Phi) is 5.51. The van der Waals surface area contributed by atoms with Crippen LogP contribution in [0.1, 0.15) is 49.5 Å². The van der Waals surface area contributed by atoms with Crippen molar-refractivity contribution >= 4 is 38.8 Å². The van der Waals surface area contributed by atoms with Gasteiger partial charge in [-0.05, 0) is 55.9 Å². The average molecular weight is 427 g/mol. The molecule has 30 heavy (non-hydrogen) atoms. The van der Waals surface area contributed by atoms with Gasteiger partial charge in [-0.25, -0.2) is 4.98 Å². The van der Waals surface area contributed by atoms with Gasteiger partial charge < -0.3 is 20.4 Å². The summed E-state index contributed by atoms with van der Waals surface area (Å²) in [6.45, 7) is 5.65. The minimum absolute atomic E-state index is 0.0744. The van der Waals surface area contributed by atoms with E-state index in [1.165, 1.54) is 17.4 Å². The van der Waals surface area contributed by atoms with Gasteiger partial charge in [-0.3, -0.25) is 9.59 Å². The lowest BCUT2D eigenvalue weighted by molar-refractivity contribution is -0.114. The Hall–Kier alpha value is -2.87. The van der Waals surface area contributed by atoms with Gasteiger partial charge in [0.25, 0.3) is 5.56 Å². The summed E-state index contributed by atoms with van der Waals surface area (Å²) in [5.74, 6) is 1.71. The van der Waals surface area contributed by atoms with E-state index in [-0.39, 0.29) is 17.5 Å². The summed E-state index contributed by atoms with van der Waals surface area (Å²) in [6.07, 6.45) is 3.08. The van der Waals surface area contributed by atoms with Crippen LogP contribution in [-0.4, -0.2) is 23.0 Å². The average Bonchev–Trinajstić information content (AvgIpc) is 3.05. The molecule has 2 aromatic heterocycles. The Morgan fingerprint density at radius 3 is 2.93 bits per heavy atom. The summed E-state index contributed by atoms with van der Waals surface area (Å²) in [5, 5.41) is 6.87. The fourth-order valence-corrected chi connectivity index (χ4v) is 5.36. The Bertz CT molecular complexity index is 1170. The molecule has 3 N–H and O–H groups in total. The van der Waals surface area contributed by atoms with Crippen LogP contribution in [0.4, 0.5) is 11.4 Å². The van der Waals surface area contributed by atoms with Crippen LogP contribution in [0.2, 0.25) is 0 Å². The van der Waals surface area contributed by atoms with Crippen molar-refractivity contribution in [1.29, 1.82) is 0 Å². The van der Waals surface area contributed by atoms with Crippen molar-refractivity contribution < 1.29 is 9.53 Å². The molecular formula is C22H26N4O3S. The number of aromatic amines is 1. The van der Waals surface area contributed by atoms with E-state index in [1.807, 2.05) is 6.92 Å². The number of carbonyl (C=O) groups is 1. The molecule has 0 fully saturated rings. The van der Waals surface area contributed by atoms with Crippen LogP contribution in [0.25, 0.3) is 10.2 Å². The summed E-state index contributed by atoms with van der Waals surface area (Å²) in [5.41, 5.74) is 2.47. The van der Waals surface area contributed by atoms with Crippen LogP contribution < -0.4 is 20.9 Å². The first-order valence-corrected chi connectivity index (χ1v) is 10.9. The smallest absolute Gasteiger partial charge is 0.259 e. The van der Waals surface area contributed by atoms with E-state index in [0.29, 0.717) is 28.9 Å². The van der Waals surface area contributed by atoms with Crippen LogP contribution in [0, 0.1) is 5.92 Å². The SMILES string of the molecule is COc1ccc(NC(C)=O)cc1NC(C)c1nc2sc3c(c2c(=O)[nH]1)CCC(C)C3. The van der Waals surface area contributed by atoms with Crippen molar-refractivity contribution in [2.24, 2.45) is 5.92 Å². The molecule has 2 unspecified atom stereocenters. The molecule has 4 rings (SSSR count). The van der Waals surface area contributed by atoms with E-state index in [4.69, 9.17) is 9.72 Å². The number of aryl methyl sites for hydroxylation is 1. The van der Waals surface area contributed by atoms with E-state index >= 15 is 0 Å². The Morgan fingerprint density at radius 1 is 1.40 bits per heavy atom. The first-order valence-electron chi connectivity index (χ1n) is 10.1. The van der Waals surface area contributed by atoms with Crippen molar-refractivity contribution in [3.05, 3.63) is 44.8 Å². The molecule has 0 radical (unpaired) electrons. The number of nitrogens with zero attached hydrogens (tertiary/aromatic N) is 1. The molecule has 7 nitrogen and oxygen atoms in total. The highest BCUT2D eigenvalue weighted by Gasteiger charge is 2.24. The number of benzene rings is 1. The van der Waals surface area contributed by atoms with E-state index in [0.717, 1.165) is 29.5 Å². The van der Waals surface area contributed by atoms with Gasteiger partial charge in [-0.15, -0.1) is 11.3 Å². The molecule has 0 saturated heterocycles. The fraction of sp³-hybridized carbons (Fsp3) is 0.409. The van der Waals surface area contributed by atoms with Crippen LogP contribution in [0.3, 0.4) is 0 Å². The van der Waals surface area contributed by atoms with E-state index < -0.39 is 0 Å². The Morgan fingerprint density at radius 2 is 2.20 bits per heavy atom. The predicted octanol–water partition coefficient (Wildman–Crippen LogP) is 4.25. The zero-order valence-corrected chi connectivity index (χ0v) is 18.4. The molecule has 2 atom stereocenters. The second-order valence-electron chi connectivity index (χ2n) is 7.95. The molecule has 2 heterocycles. The van der Waals surface area contributed by atoms with E-state index in [9.17, 15) is 9.59 Å². The van der Waals surface area contributed by atoms with Gasteiger partial charge in [0.05, 0.1) is 24.2 Å². The molecule has 8 heteroatoms. The largest absolute Gasteiger partial charge is 0.495 e. The number of anilines is 2. The highest BCUT2D eigenvalue weighted by Crippen LogP contribution is 2.36. The maximum Gasteiger partial charge on any atom is 0.259 e. The van der Waals surface area contributed by atoms with Crippen LogP contribution >= 0.6 is 11.3 Å². The number of rotatable bonds is 5. The highest BCUT2D eigenvalue weighted by molar-refractivity contribution is 7.18. The molecule has 1 aliphatic carbocycles. The molecule has 0 spiro atoms. The number of hydrogen-bond donors (Lipinski definition) is 3. The summed E-state index contributed by atoms with van der Waals surface area (Å²) in [4.78, 5) is 34.1. The lowest BCUT2D eigenvalue weighted by Gasteiger charge is -2.18. The number of thiophene rings is 1. The van der Waals surface area contributed by atoms with Crippen LogP contribution in [-0.2, 0) is 17.6 Å². The van der Waals surface area contributed by atoms with Gasteiger partial charge in [-0.1, -0.05) is 6.92 Å². The lowest BCUT2D eigenvalue weighted by Crippen LogP contribution is -2.19. The maximum absolute atomic E-state index is 12.9. The topological polar surface area (TPSA) is 96.1 Å². The summed E-state index contributed by atoms with van der Waals surface area (Å²) in [7, 11) is 1.59. The number of ether oxygens (including phenoxy) is 1. The van der Waals surface area contributed by atoms with Crippen molar-refractivity contribution in [3.63, 3.8) is 0 Å². The third kappa shape index (κ3) is 3.92. The van der Waals surface area contributed by atoms with E-state index in [2.05, 4.69) is 22.5 Å². The second-order valence-corrected chi connectivity index (χ2v) is 9.03. The number of methoxy groups -OCH3 is 1. The number of amides is 1. The minimum atomic E-state index is -0.262. The molecule has 0 bridgehead atoms. The zero-order chi connectivity index (χ0) is 21.4. The molecule has 1 aliphatic rings. The fourth-order valence-electron chi connectivity index (χ4n) is 3.97. The third-order valence-corrected chi connectivity index (χ3v) is 6.63. The van der Waals surface area contributed by atoms with Crippen molar-refractivity contribution in [1.82, 2.24) is 9.97 Å². The Balaban J connectivity index is 1.66. The summed E-state index contributed by atoms with van der Waals surface area (Å²) in [6, 6.07) is 5.10. The third-order valence-electron chi connectivity index (χ3n) is 5.49. The van der Waals surface area contributed by atoms with Gasteiger partial charge >= 0.3 is 0 Å². The maximum atomic E-state index is 12.9. The number of carbonyl (C=O) groups excluding carboxylic acids is 1. The quantitative estimate of drug-likeness (QED) is 0.567. The standard InChI is InChI=1S/C22H26N4O3S/c1-11-5-7-15-18(9-11)30-22-19(15)21(28)25-20(26-22)12(2)23-16-10-14(24-13(3)27)6-8-17(16)29-4/h6,8,10-12,23H,5,7,9H2,1-4H3,(H,24,27)(H,25,26,28). The van der Waals surface area contributed by atoms with Crippen molar-refractivity contribution in [2.75, 3.05) is 17.7 Å². The van der Waals surface area contributed by atoms with Gasteiger partial charge in [-0.2, -0.15) is 0 Å². The van der Waals surface area contributed by atoms with E-state index in [1.54, 1.807) is 36.6 Å². The summed E-state index contributed by atoms with van der Waals surface area (Å²) >= 11 is 1.64. The molecule has 0 saturated carbocycles. The molecule has 0 aliphatic heterocycles. The second kappa shape index (κ2) is 8.10. The molecule has 158 valence electrons. The van der Waals surface area contributed by atoms with Crippen molar-refractivity contribution in [3.8, 4) is 5.75 Å². The number of nitrogens with one attached hydrogen (secondary N) is 3. The normalized spacial score (nSPS) is 16.7. The molecule has 3 aromatic rings. The summed E-state index contributed by atoms with van der Waals surface area (Å²) < 4.78 is 5.44. The van der Waals surface area contributed by atoms with Crippen molar-refractivity contribution in [2.45, 2.75) is 46.1 Å². The molecule has 1 aromatic carbocycles. The monoisotopic (exact) mass is 426 g/mol. The predicted molar refractivity (Wildman–Crippen MR) is 121 cm³/mol. The first kappa shape index (κ1) is 20.4. The number of fused-ring (bicyclic) bond motifs is 3. The molecule has 1 amide bonds. The number of H-pyrrole nitrogens is 1. The first-order chi connectivity index (χ1) is 14.4. The van der Waals surface area contributed by atoms with Gasteiger partial charge in [0.15, 0.2) is 0 Å². The zero-order valence-electron chi connectivity index (χ0n) is 17.6.